The number of piperidine rings is 1. The minimum Gasteiger partial charge on any atom is -0.497 e. The average Bonchev–Trinajstić information content (AvgIpc) is 2.54. The second kappa shape index (κ2) is 8.67. The Hall–Kier alpha value is -1.55. The van der Waals surface area contributed by atoms with Crippen LogP contribution in [0.3, 0.4) is 0 Å². The third-order valence-electron chi connectivity index (χ3n) is 4.13. The Morgan fingerprint density at radius 2 is 2.00 bits per heavy atom. The SMILES string of the molecule is COc1ccc(CCC(=O)NCCC2CCNCC2)cc1. The van der Waals surface area contributed by atoms with Gasteiger partial charge in [-0.25, -0.2) is 0 Å². The normalized spacial score (nSPS) is 15.7. The number of carbonyl (C=O) groups excluding carboxylic acids is 1. The van der Waals surface area contributed by atoms with Crippen LogP contribution in [0.4, 0.5) is 0 Å². The minimum absolute atomic E-state index is 0.153. The Kier molecular flexibility index (Phi) is 6.54. The molecule has 1 aromatic carbocycles. The van der Waals surface area contributed by atoms with Gasteiger partial charge in [-0.3, -0.25) is 4.79 Å². The van der Waals surface area contributed by atoms with Crippen molar-refractivity contribution < 1.29 is 9.53 Å². The van der Waals surface area contributed by atoms with Crippen LogP contribution in [0, 0.1) is 5.92 Å². The summed E-state index contributed by atoms with van der Waals surface area (Å²) in [5, 5.41) is 6.40. The Bertz CT molecular complexity index is 425. The van der Waals surface area contributed by atoms with Crippen LogP contribution in [0.25, 0.3) is 0 Å². The summed E-state index contributed by atoms with van der Waals surface area (Å²) in [5.41, 5.74) is 1.17. The van der Waals surface area contributed by atoms with Crippen LogP contribution < -0.4 is 15.4 Å². The molecule has 21 heavy (non-hydrogen) atoms. The highest BCUT2D eigenvalue weighted by molar-refractivity contribution is 5.76. The number of carbonyl (C=O) groups is 1. The maximum absolute atomic E-state index is 11.8. The van der Waals surface area contributed by atoms with E-state index < -0.39 is 0 Å². The highest BCUT2D eigenvalue weighted by Gasteiger charge is 2.12. The molecular weight excluding hydrogens is 264 g/mol. The minimum atomic E-state index is 0.153. The first-order chi connectivity index (χ1) is 10.3. The molecule has 2 N–H and O–H groups in total. The Balaban J connectivity index is 1.60. The molecule has 2 rings (SSSR count). The van der Waals surface area contributed by atoms with E-state index in [1.807, 2.05) is 24.3 Å². The molecule has 0 bridgehead atoms. The van der Waals surface area contributed by atoms with Gasteiger partial charge in [-0.2, -0.15) is 0 Å². The van der Waals surface area contributed by atoms with E-state index in [-0.39, 0.29) is 5.91 Å². The molecular formula is C17H26N2O2. The van der Waals surface area contributed by atoms with Crippen LogP contribution in [0.2, 0.25) is 0 Å². The molecule has 1 amide bonds. The van der Waals surface area contributed by atoms with E-state index in [1.165, 1.54) is 18.4 Å². The summed E-state index contributed by atoms with van der Waals surface area (Å²) < 4.78 is 5.12. The van der Waals surface area contributed by atoms with Crippen LogP contribution >= 0.6 is 0 Å². The standard InChI is InChI=1S/C17H26N2O2/c1-21-16-5-2-14(3-6-16)4-7-17(20)19-13-10-15-8-11-18-12-9-15/h2-3,5-6,15,18H,4,7-13H2,1H3,(H,19,20). The van der Waals surface area contributed by atoms with Crippen molar-refractivity contribution in [2.75, 3.05) is 26.7 Å². The van der Waals surface area contributed by atoms with Crippen molar-refractivity contribution >= 4 is 5.91 Å². The predicted octanol–water partition coefficient (Wildman–Crippen LogP) is 2.13. The molecule has 0 unspecified atom stereocenters. The first-order valence-corrected chi connectivity index (χ1v) is 7.88. The second-order valence-corrected chi connectivity index (χ2v) is 5.68. The second-order valence-electron chi connectivity index (χ2n) is 5.68. The molecule has 0 radical (unpaired) electrons. The quantitative estimate of drug-likeness (QED) is 0.809. The lowest BCUT2D eigenvalue weighted by Gasteiger charge is -2.22. The van der Waals surface area contributed by atoms with Gasteiger partial charge in [0.25, 0.3) is 0 Å². The van der Waals surface area contributed by atoms with Crippen molar-refractivity contribution in [2.45, 2.75) is 32.1 Å². The summed E-state index contributed by atoms with van der Waals surface area (Å²) in [6.45, 7) is 3.05. The summed E-state index contributed by atoms with van der Waals surface area (Å²) in [7, 11) is 1.66. The summed E-state index contributed by atoms with van der Waals surface area (Å²) >= 11 is 0. The fourth-order valence-electron chi connectivity index (χ4n) is 2.72. The largest absolute Gasteiger partial charge is 0.497 e. The van der Waals surface area contributed by atoms with E-state index in [9.17, 15) is 4.79 Å². The maximum atomic E-state index is 11.8. The van der Waals surface area contributed by atoms with Gasteiger partial charge >= 0.3 is 0 Å². The highest BCUT2D eigenvalue weighted by Crippen LogP contribution is 2.15. The van der Waals surface area contributed by atoms with Crippen LogP contribution in [0.5, 0.6) is 5.75 Å². The first-order valence-electron chi connectivity index (χ1n) is 7.88. The molecule has 4 nitrogen and oxygen atoms in total. The number of amides is 1. The zero-order valence-electron chi connectivity index (χ0n) is 12.9. The van der Waals surface area contributed by atoms with Crippen molar-refractivity contribution in [1.82, 2.24) is 10.6 Å². The van der Waals surface area contributed by atoms with Gasteiger partial charge in [-0.05, 0) is 62.4 Å². The molecule has 1 aliphatic rings. The lowest BCUT2D eigenvalue weighted by molar-refractivity contribution is -0.121. The number of benzene rings is 1. The van der Waals surface area contributed by atoms with E-state index in [1.54, 1.807) is 7.11 Å². The van der Waals surface area contributed by atoms with Gasteiger partial charge in [0.1, 0.15) is 5.75 Å². The number of hydrogen-bond acceptors (Lipinski definition) is 3. The lowest BCUT2D eigenvalue weighted by Crippen LogP contribution is -2.31. The predicted molar refractivity (Wildman–Crippen MR) is 84.5 cm³/mol. The van der Waals surface area contributed by atoms with Crippen LogP contribution in [-0.2, 0) is 11.2 Å². The number of hydrogen-bond donors (Lipinski definition) is 2. The van der Waals surface area contributed by atoms with Crippen molar-refractivity contribution in [3.8, 4) is 5.75 Å². The smallest absolute Gasteiger partial charge is 0.220 e. The zero-order chi connectivity index (χ0) is 14.9. The molecule has 1 heterocycles. The highest BCUT2D eigenvalue weighted by atomic mass is 16.5. The third kappa shape index (κ3) is 5.76. The Morgan fingerprint density at radius 1 is 1.29 bits per heavy atom. The zero-order valence-corrected chi connectivity index (χ0v) is 12.9. The lowest BCUT2D eigenvalue weighted by atomic mass is 9.95. The number of rotatable bonds is 7. The fourth-order valence-corrected chi connectivity index (χ4v) is 2.72. The van der Waals surface area contributed by atoms with Gasteiger partial charge in [0, 0.05) is 13.0 Å². The molecule has 1 fully saturated rings. The topological polar surface area (TPSA) is 50.4 Å². The molecule has 0 spiro atoms. The van der Waals surface area contributed by atoms with Crippen molar-refractivity contribution in [3.63, 3.8) is 0 Å². The average molecular weight is 290 g/mol. The molecule has 1 aromatic rings. The molecule has 1 saturated heterocycles. The molecule has 0 aliphatic carbocycles. The van der Waals surface area contributed by atoms with Gasteiger partial charge in [0.15, 0.2) is 0 Å². The van der Waals surface area contributed by atoms with E-state index in [2.05, 4.69) is 10.6 Å². The molecule has 0 atom stereocenters. The Morgan fingerprint density at radius 3 is 2.67 bits per heavy atom. The monoisotopic (exact) mass is 290 g/mol. The van der Waals surface area contributed by atoms with E-state index in [4.69, 9.17) is 4.74 Å². The van der Waals surface area contributed by atoms with Crippen molar-refractivity contribution in [2.24, 2.45) is 5.92 Å². The first kappa shape index (κ1) is 15.8. The van der Waals surface area contributed by atoms with Crippen LogP contribution in [-0.4, -0.2) is 32.7 Å². The number of methoxy groups -OCH3 is 1. The van der Waals surface area contributed by atoms with Gasteiger partial charge in [0.2, 0.25) is 5.91 Å². The van der Waals surface area contributed by atoms with Gasteiger partial charge in [0.05, 0.1) is 7.11 Å². The summed E-state index contributed by atoms with van der Waals surface area (Å²) in [5.74, 6) is 1.78. The summed E-state index contributed by atoms with van der Waals surface area (Å²) in [6, 6.07) is 7.90. The third-order valence-corrected chi connectivity index (χ3v) is 4.13. The molecule has 4 heteroatoms. The summed E-state index contributed by atoms with van der Waals surface area (Å²) in [6.07, 6.45) is 4.92. The summed E-state index contributed by atoms with van der Waals surface area (Å²) in [4.78, 5) is 11.8. The molecule has 116 valence electrons. The van der Waals surface area contributed by atoms with Crippen LogP contribution in [0.1, 0.15) is 31.2 Å². The fraction of sp³-hybridized carbons (Fsp3) is 0.588. The van der Waals surface area contributed by atoms with E-state index >= 15 is 0 Å². The molecule has 0 aromatic heterocycles. The van der Waals surface area contributed by atoms with Gasteiger partial charge < -0.3 is 15.4 Å². The van der Waals surface area contributed by atoms with E-state index in [0.717, 1.165) is 44.1 Å². The number of aryl methyl sites for hydroxylation is 1. The van der Waals surface area contributed by atoms with Crippen molar-refractivity contribution in [3.05, 3.63) is 29.8 Å². The number of nitrogens with one attached hydrogen (secondary N) is 2. The van der Waals surface area contributed by atoms with Gasteiger partial charge in [-0.15, -0.1) is 0 Å². The number of ether oxygens (including phenoxy) is 1. The Labute approximate surface area is 127 Å². The molecule has 0 saturated carbocycles. The van der Waals surface area contributed by atoms with Crippen molar-refractivity contribution in [1.29, 1.82) is 0 Å². The molecule has 1 aliphatic heterocycles. The maximum Gasteiger partial charge on any atom is 0.220 e. The van der Waals surface area contributed by atoms with E-state index in [0.29, 0.717) is 6.42 Å². The van der Waals surface area contributed by atoms with Crippen LogP contribution in [0.15, 0.2) is 24.3 Å². The van der Waals surface area contributed by atoms with Gasteiger partial charge in [-0.1, -0.05) is 12.1 Å².